The molecule has 43 heavy (non-hydrogen) atoms. The molecular weight excluding hydrogens is 540 g/mol. The second kappa shape index (κ2) is 15.8. The zero-order chi connectivity index (χ0) is 30.6. The third-order valence-corrected chi connectivity index (χ3v) is 7.63. The van der Waals surface area contributed by atoms with Crippen LogP contribution in [0.15, 0.2) is 88.3 Å². The van der Waals surface area contributed by atoms with E-state index >= 15 is 0 Å². The van der Waals surface area contributed by atoms with Gasteiger partial charge in [0, 0.05) is 25.8 Å². The van der Waals surface area contributed by atoms with Crippen LogP contribution in [0.2, 0.25) is 0 Å². The number of rotatable bonds is 15. The zero-order valence-electron chi connectivity index (χ0n) is 25.5. The number of benzene rings is 3. The van der Waals surface area contributed by atoms with E-state index in [-0.39, 0.29) is 43.4 Å². The lowest BCUT2D eigenvalue weighted by Gasteiger charge is -2.28. The van der Waals surface area contributed by atoms with E-state index in [1.165, 1.54) is 36.0 Å². The molecule has 0 radical (unpaired) electrons. The number of fused-ring (bicyclic) bond motifs is 1. The van der Waals surface area contributed by atoms with E-state index in [0.29, 0.717) is 28.7 Å². The van der Waals surface area contributed by atoms with E-state index in [1.54, 1.807) is 24.1 Å². The van der Waals surface area contributed by atoms with Crippen LogP contribution in [0.5, 0.6) is 0 Å². The van der Waals surface area contributed by atoms with Gasteiger partial charge in [-0.25, -0.2) is 0 Å². The number of carbonyl (C=O) groups is 2. The van der Waals surface area contributed by atoms with Crippen LogP contribution in [-0.2, 0) is 29.0 Å². The number of hydrogen-bond acceptors (Lipinski definition) is 5. The van der Waals surface area contributed by atoms with Crippen LogP contribution < -0.4 is 5.43 Å². The Kier molecular flexibility index (Phi) is 11.7. The summed E-state index contributed by atoms with van der Waals surface area (Å²) in [6, 6.07) is 22.7. The number of hydrogen-bond donors (Lipinski definition) is 0. The molecule has 7 heteroatoms. The van der Waals surface area contributed by atoms with Crippen molar-refractivity contribution in [3.63, 3.8) is 0 Å². The summed E-state index contributed by atoms with van der Waals surface area (Å²) in [6.07, 6.45) is 7.17. The molecule has 0 aliphatic carbocycles. The molecule has 0 aliphatic heterocycles. The van der Waals surface area contributed by atoms with Crippen molar-refractivity contribution in [2.24, 2.45) is 0 Å². The number of amides is 2. The second-order valence-corrected chi connectivity index (χ2v) is 11.1. The molecule has 0 unspecified atom stereocenters. The standard InChI is InChI=1S/C36H42N2O5/c1-4-5-6-8-11-28-15-17-30(18-16-28)36(41)37(20-21-42-3)25-34(39)38(23-29-12-9-7-10-13-29)24-31-26-43-33-19-14-27(2)22-32(33)35(31)40/h7,9-10,12-19,22,26H,4-6,8,11,20-21,23-25H2,1-3H3. The number of aryl methyl sites for hydroxylation is 2. The molecule has 0 saturated heterocycles. The number of unbranched alkanes of at least 4 members (excludes halogenated alkanes) is 3. The van der Waals surface area contributed by atoms with E-state index in [0.717, 1.165) is 24.0 Å². The Morgan fingerprint density at radius 1 is 0.860 bits per heavy atom. The summed E-state index contributed by atoms with van der Waals surface area (Å²) in [5.74, 6) is -0.507. The van der Waals surface area contributed by atoms with Crippen LogP contribution >= 0.6 is 0 Å². The van der Waals surface area contributed by atoms with Crippen molar-refractivity contribution >= 4 is 22.8 Å². The summed E-state index contributed by atoms with van der Waals surface area (Å²) in [5, 5.41) is 0.482. The van der Waals surface area contributed by atoms with Gasteiger partial charge in [-0.1, -0.05) is 80.3 Å². The first-order chi connectivity index (χ1) is 20.9. The highest BCUT2D eigenvalue weighted by atomic mass is 16.5. The van der Waals surface area contributed by atoms with Crippen LogP contribution in [-0.4, -0.2) is 48.4 Å². The fourth-order valence-electron chi connectivity index (χ4n) is 5.11. The van der Waals surface area contributed by atoms with E-state index in [2.05, 4.69) is 6.92 Å². The van der Waals surface area contributed by atoms with Gasteiger partial charge in [0.25, 0.3) is 5.91 Å². The van der Waals surface area contributed by atoms with Crippen LogP contribution in [0.25, 0.3) is 11.0 Å². The number of methoxy groups -OCH3 is 1. The summed E-state index contributed by atoms with van der Waals surface area (Å²) in [5.41, 5.74) is 4.31. The topological polar surface area (TPSA) is 80.1 Å². The van der Waals surface area contributed by atoms with Crippen LogP contribution in [0.4, 0.5) is 0 Å². The average Bonchev–Trinajstić information content (AvgIpc) is 3.03. The lowest BCUT2D eigenvalue weighted by Crippen LogP contribution is -2.44. The Labute approximate surface area is 254 Å². The molecular formula is C36H42N2O5. The highest BCUT2D eigenvalue weighted by Gasteiger charge is 2.24. The number of nitrogens with zero attached hydrogens (tertiary/aromatic N) is 2. The summed E-state index contributed by atoms with van der Waals surface area (Å²) in [6.45, 7) is 4.86. The monoisotopic (exact) mass is 582 g/mol. The molecule has 2 amide bonds. The van der Waals surface area contributed by atoms with Crippen molar-refractivity contribution in [3.05, 3.63) is 117 Å². The fraction of sp³-hybridized carbons (Fsp3) is 0.361. The third kappa shape index (κ3) is 8.88. The lowest BCUT2D eigenvalue weighted by atomic mass is 10.0. The minimum atomic E-state index is -0.274. The summed E-state index contributed by atoms with van der Waals surface area (Å²) < 4.78 is 11.0. The molecule has 0 fully saturated rings. The molecule has 1 heterocycles. The summed E-state index contributed by atoms with van der Waals surface area (Å²) in [4.78, 5) is 44.0. The van der Waals surface area contributed by atoms with Gasteiger partial charge >= 0.3 is 0 Å². The molecule has 1 aromatic heterocycles. The molecule has 4 rings (SSSR count). The van der Waals surface area contributed by atoms with Crippen molar-refractivity contribution in [1.29, 1.82) is 0 Å². The molecule has 226 valence electrons. The van der Waals surface area contributed by atoms with E-state index in [1.807, 2.05) is 67.6 Å². The Bertz CT molecular complexity index is 1550. The Morgan fingerprint density at radius 2 is 1.63 bits per heavy atom. The van der Waals surface area contributed by atoms with Crippen molar-refractivity contribution in [1.82, 2.24) is 9.80 Å². The van der Waals surface area contributed by atoms with Gasteiger partial charge in [-0.3, -0.25) is 14.4 Å². The predicted octanol–water partition coefficient (Wildman–Crippen LogP) is 6.54. The molecule has 0 atom stereocenters. The molecule has 3 aromatic carbocycles. The second-order valence-electron chi connectivity index (χ2n) is 11.1. The number of carbonyl (C=O) groups excluding carboxylic acids is 2. The maximum atomic E-state index is 13.9. The maximum Gasteiger partial charge on any atom is 0.254 e. The quantitative estimate of drug-likeness (QED) is 0.149. The van der Waals surface area contributed by atoms with Gasteiger partial charge in [0.2, 0.25) is 5.91 Å². The highest BCUT2D eigenvalue weighted by molar-refractivity contribution is 5.96. The van der Waals surface area contributed by atoms with Gasteiger partial charge in [0.15, 0.2) is 5.43 Å². The van der Waals surface area contributed by atoms with Crippen LogP contribution in [0, 0.1) is 6.92 Å². The molecule has 0 spiro atoms. The minimum absolute atomic E-state index is 0.0545. The summed E-state index contributed by atoms with van der Waals surface area (Å²) >= 11 is 0. The fourth-order valence-corrected chi connectivity index (χ4v) is 5.11. The lowest BCUT2D eigenvalue weighted by molar-refractivity contribution is -0.133. The minimum Gasteiger partial charge on any atom is -0.464 e. The molecule has 7 nitrogen and oxygen atoms in total. The molecule has 0 bridgehead atoms. The van der Waals surface area contributed by atoms with Crippen LogP contribution in [0.1, 0.15) is 65.2 Å². The Balaban J connectivity index is 1.55. The summed E-state index contributed by atoms with van der Waals surface area (Å²) in [7, 11) is 1.57. The zero-order valence-corrected chi connectivity index (χ0v) is 25.5. The van der Waals surface area contributed by atoms with E-state index < -0.39 is 0 Å². The first kappa shape index (κ1) is 31.7. The van der Waals surface area contributed by atoms with Crippen molar-refractivity contribution < 1.29 is 18.7 Å². The van der Waals surface area contributed by atoms with E-state index in [4.69, 9.17) is 9.15 Å². The van der Waals surface area contributed by atoms with Crippen LogP contribution in [0.3, 0.4) is 0 Å². The smallest absolute Gasteiger partial charge is 0.254 e. The van der Waals surface area contributed by atoms with Gasteiger partial charge in [-0.2, -0.15) is 0 Å². The first-order valence-electron chi connectivity index (χ1n) is 15.1. The van der Waals surface area contributed by atoms with Gasteiger partial charge < -0.3 is 19.0 Å². The third-order valence-electron chi connectivity index (χ3n) is 7.63. The molecule has 4 aromatic rings. The van der Waals surface area contributed by atoms with Crippen molar-refractivity contribution in [3.8, 4) is 0 Å². The maximum absolute atomic E-state index is 13.9. The predicted molar refractivity (Wildman–Crippen MR) is 170 cm³/mol. The van der Waals surface area contributed by atoms with Crippen molar-refractivity contribution in [2.75, 3.05) is 26.8 Å². The SMILES string of the molecule is CCCCCCc1ccc(C(=O)N(CCOC)CC(=O)N(Cc2ccccc2)Cc2coc3ccc(C)cc3c2=O)cc1. The molecule has 0 N–H and O–H groups in total. The number of ether oxygens (including phenoxy) is 1. The first-order valence-corrected chi connectivity index (χ1v) is 15.1. The van der Waals surface area contributed by atoms with Gasteiger partial charge in [-0.15, -0.1) is 0 Å². The van der Waals surface area contributed by atoms with Crippen molar-refractivity contribution in [2.45, 2.75) is 59.0 Å². The largest absolute Gasteiger partial charge is 0.464 e. The van der Waals surface area contributed by atoms with Gasteiger partial charge in [0.1, 0.15) is 12.1 Å². The molecule has 0 saturated carbocycles. The molecule has 0 aliphatic rings. The van der Waals surface area contributed by atoms with E-state index in [9.17, 15) is 14.4 Å². The Morgan fingerprint density at radius 3 is 2.35 bits per heavy atom. The average molecular weight is 583 g/mol. The normalized spacial score (nSPS) is 11.0. The van der Waals surface area contributed by atoms with Gasteiger partial charge in [0.05, 0.1) is 30.4 Å². The van der Waals surface area contributed by atoms with Gasteiger partial charge in [-0.05, 0) is 55.2 Å². The highest BCUT2D eigenvalue weighted by Crippen LogP contribution is 2.17. The Hall–Kier alpha value is -4.23.